The predicted molar refractivity (Wildman–Crippen MR) is 448 cm³/mol. The lowest BCUT2D eigenvalue weighted by atomic mass is 9.85. The number of hydrogen-bond donors (Lipinski definition) is 22. The van der Waals surface area contributed by atoms with Crippen LogP contribution in [0.25, 0.3) is 11.1 Å². The first kappa shape index (κ1) is 94.9. The number of phenols is 3. The van der Waals surface area contributed by atoms with Gasteiger partial charge in [0.1, 0.15) is 95.5 Å². The quantitative estimate of drug-likeness (QED) is 0.0378. The molecule has 14 rings (SSSR count). The Morgan fingerprint density at radius 2 is 1.30 bits per heavy atom. The number of aliphatic hydroxyl groups is 6. The van der Waals surface area contributed by atoms with Gasteiger partial charge in [0.15, 0.2) is 23.9 Å². The van der Waals surface area contributed by atoms with E-state index in [1.54, 1.807) is 56.2 Å². The fourth-order valence-corrected chi connectivity index (χ4v) is 16.3. The topological polar surface area (TPSA) is 616 Å². The van der Waals surface area contributed by atoms with Gasteiger partial charge in [-0.2, -0.15) is 0 Å². The van der Waals surface area contributed by atoms with Crippen LogP contribution in [0.2, 0.25) is 20.1 Å². The first-order valence-corrected chi connectivity index (χ1v) is 41.5. The van der Waals surface area contributed by atoms with Gasteiger partial charge in [0.25, 0.3) is 5.91 Å². The van der Waals surface area contributed by atoms with Gasteiger partial charge in [0.05, 0.1) is 51.4 Å². The van der Waals surface area contributed by atoms with E-state index in [1.807, 2.05) is 5.43 Å². The number of nitrogens with zero attached hydrogens (tertiary/aromatic N) is 2. The molecule has 45 heteroatoms. The molecule has 682 valence electrons. The number of benzene rings is 6. The molecule has 6 aromatic rings. The van der Waals surface area contributed by atoms with Crippen LogP contribution >= 0.6 is 46.4 Å². The van der Waals surface area contributed by atoms with Crippen LogP contribution in [0.3, 0.4) is 0 Å². The zero-order chi connectivity index (χ0) is 92.1. The number of carbonyl (C=O) groups excluding carboxylic acids is 11. The fourth-order valence-electron chi connectivity index (χ4n) is 15.5. The van der Waals surface area contributed by atoms with E-state index in [9.17, 15) is 74.7 Å². The van der Waals surface area contributed by atoms with Gasteiger partial charge in [-0.05, 0) is 133 Å². The summed E-state index contributed by atoms with van der Waals surface area (Å²) in [5.74, 6) is -19.6. The van der Waals surface area contributed by atoms with Gasteiger partial charge in [-0.15, -0.1) is 0 Å². The van der Waals surface area contributed by atoms with E-state index < -0.39 is 259 Å². The number of piperazine rings is 1. The molecule has 8 heterocycles. The number of nitrogens with two attached hydrogens (primary N) is 2. The number of fused-ring (bicyclic) bond motifs is 15. The van der Waals surface area contributed by atoms with Crippen molar-refractivity contribution in [3.05, 3.63) is 151 Å². The average Bonchev–Trinajstić information content (AvgIpc) is 0.777. The van der Waals surface area contributed by atoms with Crippen molar-refractivity contribution >= 4 is 112 Å². The summed E-state index contributed by atoms with van der Waals surface area (Å²) in [6, 6.07) is 3.33. The van der Waals surface area contributed by atoms with E-state index in [0.717, 1.165) is 72.3 Å². The zero-order valence-electron chi connectivity index (χ0n) is 68.4. The molecular formula is C82H95Cl4N15O26. The molecule has 18 atom stereocenters. The molecule has 11 bridgehead atoms. The normalized spacial score (nSPS) is 26.6. The summed E-state index contributed by atoms with van der Waals surface area (Å²) >= 11 is 26.6. The third-order valence-corrected chi connectivity index (χ3v) is 23.6. The van der Waals surface area contributed by atoms with Crippen molar-refractivity contribution in [2.75, 3.05) is 52.9 Å². The second-order valence-electron chi connectivity index (χ2n) is 31.8. The molecule has 6 aromatic carbocycles. The Morgan fingerprint density at radius 1 is 0.661 bits per heavy atom. The van der Waals surface area contributed by atoms with E-state index >= 15 is 24.0 Å². The van der Waals surface area contributed by atoms with Gasteiger partial charge < -0.3 is 139 Å². The summed E-state index contributed by atoms with van der Waals surface area (Å²) in [6.45, 7) is 8.47. The van der Waals surface area contributed by atoms with Crippen molar-refractivity contribution in [1.29, 1.82) is 0 Å². The first-order chi connectivity index (χ1) is 60.2. The van der Waals surface area contributed by atoms with E-state index in [2.05, 4.69) is 52.8 Å². The SMILES string of the molecule is CN[C@H](CC(C)C)C(=O)N[C@H]1C(=O)N[C@@H](CC(N)=O)C(=O)N[C@H]2C(=O)N[C@H]3C(=O)N[C@H](C(=O)N[C@@H](C(=O)NNC(=O)C(N)=O)c4cc(O)cc(O)c4-c4cc3ccc4O)[C@H](O)c3ccc(c(Cl)c3)Oc3cc2cc(c3O[C@@H]2O[C@H](CO)[C@@H](O)[C@H](O)[C@H]2O[C@H]2C[C@](C)(NCCN3CCN(C(=O)NCc4ccc(Cl)c(Cl)c4)CC3)[C@H](O)[C@H](C)O2)Oc2ccc(cc2Cl)[C@H]1O. The minimum absolute atomic E-state index is 0.129. The second kappa shape index (κ2) is 40.4. The van der Waals surface area contributed by atoms with Gasteiger partial charge in [-0.1, -0.05) is 84.5 Å². The molecule has 0 aromatic heterocycles. The largest absolute Gasteiger partial charge is 0.508 e. The Bertz CT molecular complexity index is 5230. The highest BCUT2D eigenvalue weighted by molar-refractivity contribution is 6.42. The van der Waals surface area contributed by atoms with Crippen LogP contribution in [0.1, 0.15) is 111 Å². The van der Waals surface area contributed by atoms with Crippen LogP contribution in [0, 0.1) is 5.92 Å². The van der Waals surface area contributed by atoms with Crippen LogP contribution in [0.4, 0.5) is 4.79 Å². The van der Waals surface area contributed by atoms with Crippen molar-refractivity contribution in [3.63, 3.8) is 0 Å². The molecule has 8 aliphatic rings. The summed E-state index contributed by atoms with van der Waals surface area (Å²) in [7, 11) is 1.46. The van der Waals surface area contributed by atoms with Gasteiger partial charge in [0, 0.05) is 75.0 Å². The molecule has 0 unspecified atom stereocenters. The van der Waals surface area contributed by atoms with Crippen molar-refractivity contribution in [2.45, 2.75) is 163 Å². The number of ether oxygens (including phenoxy) is 6. The monoisotopic (exact) mass is 1850 g/mol. The molecule has 8 aliphatic heterocycles. The van der Waals surface area contributed by atoms with Gasteiger partial charge >= 0.3 is 17.8 Å². The number of aromatic hydroxyl groups is 3. The van der Waals surface area contributed by atoms with Crippen LogP contribution in [0.15, 0.2) is 97.1 Å². The number of aliphatic hydroxyl groups excluding tert-OH is 6. The van der Waals surface area contributed by atoms with E-state index in [-0.39, 0.29) is 54.8 Å². The molecule has 3 saturated heterocycles. The average molecular weight is 1850 g/mol. The lowest BCUT2D eigenvalue weighted by molar-refractivity contribution is -0.334. The van der Waals surface area contributed by atoms with Crippen LogP contribution in [0.5, 0.6) is 46.0 Å². The number of likely N-dealkylation sites (N-methyl/N-ethyl adjacent to an activating group) is 1. The minimum atomic E-state index is -2.42. The third kappa shape index (κ3) is 21.8. The van der Waals surface area contributed by atoms with E-state index in [4.69, 9.17) is 86.3 Å². The molecule has 41 nitrogen and oxygen atoms in total. The molecule has 0 saturated carbocycles. The summed E-state index contributed by atoms with van der Waals surface area (Å²) < 4.78 is 39.5. The van der Waals surface area contributed by atoms with Crippen LogP contribution in [-0.4, -0.2) is 253 Å². The van der Waals surface area contributed by atoms with Crippen molar-refractivity contribution in [2.24, 2.45) is 17.4 Å². The number of rotatable bonds is 19. The highest BCUT2D eigenvalue weighted by Gasteiger charge is 2.53. The van der Waals surface area contributed by atoms with Crippen molar-refractivity contribution < 1.29 is 127 Å². The summed E-state index contributed by atoms with van der Waals surface area (Å²) in [5, 5.41) is 130. The first-order valence-electron chi connectivity index (χ1n) is 40.0. The van der Waals surface area contributed by atoms with Crippen LogP contribution in [-0.2, 0) is 68.7 Å². The highest BCUT2D eigenvalue weighted by Crippen LogP contribution is 2.50. The number of phenolic OH excluding ortho intramolecular Hbond substituents is 3. The smallest absolute Gasteiger partial charge is 0.327 e. The van der Waals surface area contributed by atoms with Crippen LogP contribution < -0.4 is 84.4 Å². The molecular weight excluding hydrogens is 1750 g/mol. The Kier molecular flexibility index (Phi) is 30.2. The number of carbonyl (C=O) groups is 11. The zero-order valence-corrected chi connectivity index (χ0v) is 71.5. The number of urea groups is 1. The maximum atomic E-state index is 16.3. The Morgan fingerprint density at radius 3 is 1.92 bits per heavy atom. The number of nitrogens with one attached hydrogen (secondary N) is 11. The fraction of sp³-hybridized carbons (Fsp3) is 0.427. The van der Waals surface area contributed by atoms with E-state index in [0.29, 0.717) is 42.8 Å². The standard InChI is InChI=1S/C82H95Cl4N15O26/c1-33(2)20-47(89-5)72(113)96-62-64(107)37-8-12-51(45(85)23-37)123-53-25-39-26-54(68(53)127-80-69(67(110)66(109)55(32-102)125-80)126-57-30-82(4,70(111)34(3)122-57)91-14-15-100-16-18-101(19-17-100)81(121)90-31-35-6-10-43(83)44(84)21-35)124-52-13-9-38(24-46(52)86)65(108)63-77(118)95-61(78(119)98-99-79(120)71(88)112)42-27-40(103)28-50(105)58(42)41-22-36(7-11-49(41)104)59(74(115)97-63)94-75(116)60(39)93-73(114)48(29-56(87)106)92-76(62)117/h6-13,21-28,33-34,47-48,55,57,59-67,69-70,80,89,91,102-105,107-111H,14-20,29-32H2,1-5H3,(H2,87,106)(H2,88,112)(H,90,121)(H,92,117)(H,93,114)(H,94,116)(H,95,118)(H,96,113)(H,97,115)(H,98,119)(H,99,120)/t34-,47+,48-,55+,57-,59+,60+,61+,62+,63-,64+,65+,66+,67-,69+,70+,80-,82-/m0/s1. The summed E-state index contributed by atoms with van der Waals surface area (Å²) in [5.41, 5.74) is 10.8. The maximum absolute atomic E-state index is 16.3. The lowest BCUT2D eigenvalue weighted by Crippen LogP contribution is -2.66. The Hall–Kier alpha value is -11.2. The van der Waals surface area contributed by atoms with E-state index in [1.165, 1.54) is 19.2 Å². The number of halogens is 4. The summed E-state index contributed by atoms with van der Waals surface area (Å²) in [4.78, 5) is 161. The number of primary amides is 2. The Balaban J connectivity index is 0.986. The highest BCUT2D eigenvalue weighted by atomic mass is 35.5. The second-order valence-corrected chi connectivity index (χ2v) is 33.4. The molecule has 24 N–H and O–H groups in total. The number of hydrazine groups is 1. The summed E-state index contributed by atoms with van der Waals surface area (Å²) in [6.07, 6.45) is -19.2. The molecule has 127 heavy (non-hydrogen) atoms. The predicted octanol–water partition coefficient (Wildman–Crippen LogP) is 0.119. The van der Waals surface area contributed by atoms with Gasteiger partial charge in [-0.3, -0.25) is 63.7 Å². The van der Waals surface area contributed by atoms with Gasteiger partial charge in [0.2, 0.25) is 53.4 Å². The van der Waals surface area contributed by atoms with Crippen molar-refractivity contribution in [1.82, 2.24) is 68.5 Å². The molecule has 0 spiro atoms. The minimum Gasteiger partial charge on any atom is -0.508 e. The number of hydrogen-bond acceptors (Lipinski definition) is 29. The Labute approximate surface area is 744 Å². The lowest BCUT2D eigenvalue weighted by Gasteiger charge is -2.48. The number of amides is 12. The van der Waals surface area contributed by atoms with Gasteiger partial charge in [-0.25, -0.2) is 4.79 Å². The molecule has 3 fully saturated rings. The molecule has 0 radical (unpaired) electrons. The maximum Gasteiger partial charge on any atom is 0.327 e. The molecule has 12 amide bonds. The molecule has 0 aliphatic carbocycles. The van der Waals surface area contributed by atoms with Crippen molar-refractivity contribution in [3.8, 4) is 57.1 Å². The third-order valence-electron chi connectivity index (χ3n) is 22.3.